The third-order valence-electron chi connectivity index (χ3n) is 3.89. The van der Waals surface area contributed by atoms with Gasteiger partial charge >= 0.3 is 5.97 Å². The molecule has 0 radical (unpaired) electrons. The van der Waals surface area contributed by atoms with E-state index in [1.807, 2.05) is 54.6 Å². The zero-order chi connectivity index (χ0) is 19.8. The topological polar surface area (TPSA) is 75.6 Å². The van der Waals surface area contributed by atoms with Crippen LogP contribution in [0.2, 0.25) is 0 Å². The Morgan fingerprint density at radius 2 is 1.57 bits per heavy atom. The first-order valence-electron chi connectivity index (χ1n) is 8.73. The van der Waals surface area contributed by atoms with E-state index in [2.05, 4.69) is 5.32 Å². The molecule has 0 aliphatic carbocycles. The summed E-state index contributed by atoms with van der Waals surface area (Å²) in [4.78, 5) is 23.7. The van der Waals surface area contributed by atoms with Crippen molar-refractivity contribution in [1.82, 2.24) is 0 Å². The number of anilines is 1. The first-order chi connectivity index (χ1) is 13.6. The number of carboxylic acid groups (broad SMARTS) is 1. The van der Waals surface area contributed by atoms with Gasteiger partial charge in [0.15, 0.2) is 0 Å². The van der Waals surface area contributed by atoms with Gasteiger partial charge in [-0.1, -0.05) is 60.7 Å². The predicted molar refractivity (Wildman–Crippen MR) is 109 cm³/mol. The highest BCUT2D eigenvalue weighted by atomic mass is 16.5. The zero-order valence-corrected chi connectivity index (χ0v) is 15.0. The van der Waals surface area contributed by atoms with E-state index >= 15 is 0 Å². The standard InChI is InChI=1S/C23H19NO4/c25-22(13-7-10-17-8-3-1-4-9-17)24-21-16-19(14-15-20(21)23(26)27)28-18-11-5-2-6-12-18/h1-12,14-16H,13H2,(H,24,25)(H,26,27)/b10-7+. The van der Waals surface area contributed by atoms with E-state index in [0.29, 0.717) is 11.5 Å². The lowest BCUT2D eigenvalue weighted by Crippen LogP contribution is -2.13. The second kappa shape index (κ2) is 9.19. The zero-order valence-electron chi connectivity index (χ0n) is 15.0. The van der Waals surface area contributed by atoms with Crippen LogP contribution in [-0.2, 0) is 4.79 Å². The number of carboxylic acids is 1. The van der Waals surface area contributed by atoms with E-state index in [4.69, 9.17) is 4.74 Å². The highest BCUT2D eigenvalue weighted by Crippen LogP contribution is 2.27. The third kappa shape index (κ3) is 5.32. The Bertz CT molecular complexity index is 982. The van der Waals surface area contributed by atoms with Crippen molar-refractivity contribution < 1.29 is 19.4 Å². The highest BCUT2D eigenvalue weighted by Gasteiger charge is 2.13. The van der Waals surface area contributed by atoms with Gasteiger partial charge in [0.2, 0.25) is 5.91 Å². The van der Waals surface area contributed by atoms with Crippen molar-refractivity contribution in [3.63, 3.8) is 0 Å². The van der Waals surface area contributed by atoms with Crippen molar-refractivity contribution in [2.24, 2.45) is 0 Å². The molecule has 3 aromatic carbocycles. The van der Waals surface area contributed by atoms with Crippen molar-refractivity contribution >= 4 is 23.6 Å². The van der Waals surface area contributed by atoms with Gasteiger partial charge in [-0.3, -0.25) is 4.79 Å². The van der Waals surface area contributed by atoms with Crippen molar-refractivity contribution in [2.75, 3.05) is 5.32 Å². The number of rotatable bonds is 7. The number of ether oxygens (including phenoxy) is 1. The lowest BCUT2D eigenvalue weighted by molar-refractivity contribution is -0.115. The summed E-state index contributed by atoms with van der Waals surface area (Å²) in [6.07, 6.45) is 3.69. The lowest BCUT2D eigenvalue weighted by atomic mass is 10.1. The molecule has 28 heavy (non-hydrogen) atoms. The van der Waals surface area contributed by atoms with Crippen molar-refractivity contribution in [2.45, 2.75) is 6.42 Å². The summed E-state index contributed by atoms with van der Waals surface area (Å²) < 4.78 is 5.72. The van der Waals surface area contributed by atoms with Gasteiger partial charge < -0.3 is 15.2 Å². The van der Waals surface area contributed by atoms with Crippen LogP contribution in [0.15, 0.2) is 84.9 Å². The minimum Gasteiger partial charge on any atom is -0.478 e. The number of carbonyl (C=O) groups excluding carboxylic acids is 1. The molecule has 1 amide bonds. The van der Waals surface area contributed by atoms with Crippen LogP contribution in [-0.4, -0.2) is 17.0 Å². The fourth-order valence-electron chi connectivity index (χ4n) is 2.57. The van der Waals surface area contributed by atoms with Gasteiger partial charge in [-0.15, -0.1) is 0 Å². The molecule has 2 N–H and O–H groups in total. The van der Waals surface area contributed by atoms with Crippen LogP contribution in [0.1, 0.15) is 22.3 Å². The van der Waals surface area contributed by atoms with Crippen molar-refractivity contribution in [3.05, 3.63) is 96.1 Å². The Hall–Kier alpha value is -3.86. The Balaban J connectivity index is 1.71. The molecule has 0 fully saturated rings. The monoisotopic (exact) mass is 373 g/mol. The van der Waals surface area contributed by atoms with Gasteiger partial charge in [-0.2, -0.15) is 0 Å². The maximum atomic E-state index is 12.3. The van der Waals surface area contributed by atoms with Crippen LogP contribution >= 0.6 is 0 Å². The van der Waals surface area contributed by atoms with E-state index in [0.717, 1.165) is 5.56 Å². The maximum Gasteiger partial charge on any atom is 0.337 e. The Labute approximate surface area is 162 Å². The van der Waals surface area contributed by atoms with Crippen LogP contribution in [0.5, 0.6) is 11.5 Å². The molecule has 0 saturated carbocycles. The maximum absolute atomic E-state index is 12.3. The summed E-state index contributed by atoms with van der Waals surface area (Å²) in [6, 6.07) is 23.2. The highest BCUT2D eigenvalue weighted by molar-refractivity contribution is 6.01. The molecule has 0 aromatic heterocycles. The second-order valence-electron chi connectivity index (χ2n) is 5.99. The average Bonchev–Trinajstić information content (AvgIpc) is 2.69. The molecular weight excluding hydrogens is 354 g/mol. The molecule has 0 spiro atoms. The number of carbonyl (C=O) groups is 2. The molecule has 3 rings (SSSR count). The van der Waals surface area contributed by atoms with Crippen LogP contribution in [0, 0.1) is 0 Å². The number of hydrogen-bond acceptors (Lipinski definition) is 3. The smallest absolute Gasteiger partial charge is 0.337 e. The fourth-order valence-corrected chi connectivity index (χ4v) is 2.57. The summed E-state index contributed by atoms with van der Waals surface area (Å²) in [6.45, 7) is 0. The van der Waals surface area contributed by atoms with Gasteiger partial charge in [0, 0.05) is 12.5 Å². The molecule has 0 aliphatic rings. The summed E-state index contributed by atoms with van der Waals surface area (Å²) in [5, 5.41) is 12.0. The molecule has 0 saturated heterocycles. The van der Waals surface area contributed by atoms with Gasteiger partial charge in [0.25, 0.3) is 0 Å². The van der Waals surface area contributed by atoms with E-state index < -0.39 is 5.97 Å². The molecule has 5 nitrogen and oxygen atoms in total. The molecule has 0 bridgehead atoms. The van der Waals surface area contributed by atoms with Gasteiger partial charge in [0.1, 0.15) is 11.5 Å². The number of hydrogen-bond donors (Lipinski definition) is 2. The molecular formula is C23H19NO4. The SMILES string of the molecule is O=C(C/C=C/c1ccccc1)Nc1cc(Oc2ccccc2)ccc1C(=O)O. The fraction of sp³-hybridized carbons (Fsp3) is 0.0435. The summed E-state index contributed by atoms with van der Waals surface area (Å²) in [5.74, 6) is -0.382. The lowest BCUT2D eigenvalue weighted by Gasteiger charge is -2.11. The summed E-state index contributed by atoms with van der Waals surface area (Å²) >= 11 is 0. The number of para-hydroxylation sites is 1. The molecule has 0 heterocycles. The number of amides is 1. The van der Waals surface area contributed by atoms with Crippen LogP contribution < -0.4 is 10.1 Å². The van der Waals surface area contributed by atoms with Crippen molar-refractivity contribution in [1.29, 1.82) is 0 Å². The van der Waals surface area contributed by atoms with Crippen LogP contribution in [0.25, 0.3) is 6.08 Å². The van der Waals surface area contributed by atoms with E-state index in [1.165, 1.54) is 12.1 Å². The Kier molecular flexibility index (Phi) is 6.21. The Morgan fingerprint density at radius 1 is 0.893 bits per heavy atom. The number of aromatic carboxylic acids is 1. The predicted octanol–water partition coefficient (Wildman–Crippen LogP) is 5.22. The van der Waals surface area contributed by atoms with Crippen molar-refractivity contribution in [3.8, 4) is 11.5 Å². The molecule has 0 aliphatic heterocycles. The summed E-state index contributed by atoms with van der Waals surface area (Å²) in [7, 11) is 0. The quantitative estimate of drug-likeness (QED) is 0.595. The first-order valence-corrected chi connectivity index (χ1v) is 8.73. The number of nitrogens with one attached hydrogen (secondary N) is 1. The van der Waals surface area contributed by atoms with E-state index in [9.17, 15) is 14.7 Å². The minimum atomic E-state index is -1.12. The average molecular weight is 373 g/mol. The summed E-state index contributed by atoms with van der Waals surface area (Å²) in [5.41, 5.74) is 1.18. The minimum absolute atomic E-state index is 0.000741. The molecule has 0 atom stereocenters. The molecule has 140 valence electrons. The second-order valence-corrected chi connectivity index (χ2v) is 5.99. The normalized spacial score (nSPS) is 10.6. The van der Waals surface area contributed by atoms with Crippen LogP contribution in [0.3, 0.4) is 0 Å². The first kappa shape index (κ1) is 18.9. The van der Waals surface area contributed by atoms with E-state index in [1.54, 1.807) is 24.3 Å². The number of benzene rings is 3. The third-order valence-corrected chi connectivity index (χ3v) is 3.89. The molecule has 0 unspecified atom stereocenters. The van der Waals surface area contributed by atoms with Crippen LogP contribution in [0.4, 0.5) is 5.69 Å². The van der Waals surface area contributed by atoms with Gasteiger partial charge in [-0.05, 0) is 29.8 Å². The van der Waals surface area contributed by atoms with Gasteiger partial charge in [0.05, 0.1) is 11.3 Å². The van der Waals surface area contributed by atoms with Gasteiger partial charge in [-0.25, -0.2) is 4.79 Å². The van der Waals surface area contributed by atoms with E-state index in [-0.39, 0.29) is 23.6 Å². The largest absolute Gasteiger partial charge is 0.478 e. The molecule has 3 aromatic rings. The molecule has 5 heteroatoms. The Morgan fingerprint density at radius 3 is 2.25 bits per heavy atom.